The van der Waals surface area contributed by atoms with E-state index >= 15 is 0 Å². The van der Waals surface area contributed by atoms with Crippen molar-refractivity contribution in [3.05, 3.63) is 120 Å². The second-order valence-corrected chi connectivity index (χ2v) is 11.8. The molecule has 0 saturated heterocycles. The molecule has 0 bridgehead atoms. The van der Waals surface area contributed by atoms with E-state index in [4.69, 9.17) is 0 Å². The van der Waals surface area contributed by atoms with Crippen LogP contribution in [0.15, 0.2) is 109 Å². The fraction of sp³-hybridized carbons (Fsp3) is 0.143. The van der Waals surface area contributed by atoms with Gasteiger partial charge in [-0.25, -0.2) is 0 Å². The summed E-state index contributed by atoms with van der Waals surface area (Å²) in [6.07, 6.45) is 0. The van der Waals surface area contributed by atoms with Gasteiger partial charge in [-0.3, -0.25) is 0 Å². The van der Waals surface area contributed by atoms with E-state index in [1.807, 2.05) is 6.07 Å². The summed E-state index contributed by atoms with van der Waals surface area (Å²) in [6.45, 7) is 6.19. The molecular formula is C28H29AsClNPd. The van der Waals surface area contributed by atoms with Gasteiger partial charge in [0.1, 0.15) is 0 Å². The molecule has 4 aromatic carbocycles. The van der Waals surface area contributed by atoms with Crippen LogP contribution in [0.2, 0.25) is 0 Å². The van der Waals surface area contributed by atoms with Gasteiger partial charge in [-0.1, -0.05) is 18.2 Å². The minimum atomic E-state index is -1.24. The van der Waals surface area contributed by atoms with Crippen molar-refractivity contribution in [1.29, 1.82) is 0 Å². The van der Waals surface area contributed by atoms with Crippen LogP contribution in [-0.4, -0.2) is 33.6 Å². The molecule has 0 unspecified atom stereocenters. The summed E-state index contributed by atoms with van der Waals surface area (Å²) in [5.74, 6) is 0. The third-order valence-electron chi connectivity index (χ3n) is 5.20. The second kappa shape index (κ2) is 14.5. The average Bonchev–Trinajstić information content (AvgIpc) is 2.86. The van der Waals surface area contributed by atoms with Crippen molar-refractivity contribution in [3.8, 4) is 0 Å². The van der Waals surface area contributed by atoms with Gasteiger partial charge in [-0.15, -0.1) is 22.4 Å². The molecule has 0 aliphatic carbocycles. The first kappa shape index (κ1) is 26.6. The zero-order valence-electron chi connectivity index (χ0n) is 18.7. The Morgan fingerprint density at radius 1 is 0.844 bits per heavy atom. The van der Waals surface area contributed by atoms with Gasteiger partial charge >= 0.3 is 123 Å². The third-order valence-corrected chi connectivity index (χ3v) is 9.55. The van der Waals surface area contributed by atoms with E-state index < -0.39 is 14.7 Å². The van der Waals surface area contributed by atoms with Gasteiger partial charge in [0.2, 0.25) is 0 Å². The van der Waals surface area contributed by atoms with E-state index in [2.05, 4.69) is 162 Å². The monoisotopic (exact) mass is 595 g/mol. The van der Waals surface area contributed by atoms with Gasteiger partial charge in [0.25, 0.3) is 0 Å². The molecule has 168 valence electrons. The number of nitrogens with zero attached hydrogens (tertiary/aromatic N) is 1. The molecular weight excluding hydrogens is 567 g/mol. The fourth-order valence-corrected chi connectivity index (χ4v) is 6.91. The molecule has 0 heterocycles. The van der Waals surface area contributed by atoms with E-state index in [0.717, 1.165) is 0 Å². The summed E-state index contributed by atoms with van der Waals surface area (Å²) < 4.78 is 2.87. The maximum absolute atomic E-state index is 4.49. The molecule has 4 heteroatoms. The Balaban J connectivity index is 0.000000211. The Kier molecular flexibility index (Phi) is 12.0. The van der Waals surface area contributed by atoms with Crippen molar-refractivity contribution in [1.82, 2.24) is 4.90 Å². The first-order valence-corrected chi connectivity index (χ1v) is 15.3. The molecule has 4 rings (SSSR count). The zero-order chi connectivity index (χ0) is 23.3. The first-order chi connectivity index (χ1) is 15.6. The average molecular weight is 596 g/mol. The molecule has 4 aromatic rings. The van der Waals surface area contributed by atoms with Crippen LogP contribution in [0.1, 0.15) is 18.5 Å². The molecule has 0 aliphatic rings. The van der Waals surface area contributed by atoms with Gasteiger partial charge in [0, 0.05) is 6.04 Å². The van der Waals surface area contributed by atoms with E-state index in [1.165, 1.54) is 25.0 Å². The van der Waals surface area contributed by atoms with Crippen molar-refractivity contribution < 1.29 is 18.2 Å². The third kappa shape index (κ3) is 7.45. The van der Waals surface area contributed by atoms with Crippen LogP contribution in [0.3, 0.4) is 0 Å². The van der Waals surface area contributed by atoms with Gasteiger partial charge < -0.3 is 4.90 Å². The van der Waals surface area contributed by atoms with Crippen molar-refractivity contribution in [2.75, 3.05) is 14.1 Å². The number of hydrogen-bond donors (Lipinski definition) is 0. The molecule has 0 aromatic heterocycles. The van der Waals surface area contributed by atoms with Crippen LogP contribution < -0.4 is 8.70 Å². The van der Waals surface area contributed by atoms with Crippen LogP contribution in [0.5, 0.6) is 0 Å². The molecule has 0 amide bonds. The predicted octanol–water partition coefficient (Wildman–Crippen LogP) is 5.97. The molecule has 0 aliphatic heterocycles. The van der Waals surface area contributed by atoms with Crippen molar-refractivity contribution in [2.24, 2.45) is 0 Å². The Morgan fingerprint density at radius 3 is 1.84 bits per heavy atom. The normalized spacial score (nSPS) is 11.2. The van der Waals surface area contributed by atoms with Gasteiger partial charge in [-0.2, -0.15) is 18.2 Å². The predicted molar refractivity (Wildman–Crippen MR) is 139 cm³/mol. The van der Waals surface area contributed by atoms with E-state index in [9.17, 15) is 0 Å². The van der Waals surface area contributed by atoms with Gasteiger partial charge in [-0.05, 0) is 21.0 Å². The van der Waals surface area contributed by atoms with E-state index in [1.54, 1.807) is 0 Å². The number of halogens is 1. The summed E-state index contributed by atoms with van der Waals surface area (Å²) >= 11 is 0.983. The standard InChI is InChI=1S/C14H13As.C14H16N.ClH.Pd/c1-2-15(13-9-5-3-6-10-13)14-11-7-4-8-12-14;1-11(15(2)3)13-10-6-8-12-7-4-5-9-14(12)13;;/h2-12H,1H2;4-9,11H,1-3H3;1H;/q;-1;;+2/p-1/t;11-;;/m.0../s1. The van der Waals surface area contributed by atoms with Gasteiger partial charge in [0.15, 0.2) is 0 Å². The first-order valence-electron chi connectivity index (χ1n) is 10.3. The van der Waals surface area contributed by atoms with Crippen LogP contribution in [-0.2, 0) is 18.2 Å². The minimum absolute atomic E-state index is 0.399. The quantitative estimate of drug-likeness (QED) is 0.203. The molecule has 1 nitrogen and oxygen atoms in total. The molecule has 0 N–H and O–H groups in total. The number of rotatable bonds is 5. The molecule has 0 radical (unpaired) electrons. The molecule has 1 atom stereocenters. The SMILES string of the molecule is C=C[As](c1ccccc1)c1ccccc1.C[C@@H](c1[c-]ccc2ccccc12)N(C)C.[Cl][Pd+]. The number of benzene rings is 4. The summed E-state index contributed by atoms with van der Waals surface area (Å²) in [4.78, 5) is 4.34. The number of hydrogen-bond acceptors (Lipinski definition) is 1. The maximum atomic E-state index is 4.49. The van der Waals surface area contributed by atoms with Crippen LogP contribution in [0.25, 0.3) is 10.8 Å². The topological polar surface area (TPSA) is 3.24 Å². The molecule has 0 saturated carbocycles. The van der Waals surface area contributed by atoms with Crippen LogP contribution in [0, 0.1) is 6.07 Å². The molecule has 0 spiro atoms. The van der Waals surface area contributed by atoms with E-state index in [0.29, 0.717) is 6.04 Å². The Bertz CT molecular complexity index is 1030. The Labute approximate surface area is 212 Å². The summed E-state index contributed by atoms with van der Waals surface area (Å²) in [5, 5.41) is 2.60. The second-order valence-electron chi connectivity index (χ2n) is 7.34. The fourth-order valence-electron chi connectivity index (χ4n) is 3.33. The van der Waals surface area contributed by atoms with Gasteiger partial charge in [0.05, 0.1) is 0 Å². The zero-order valence-corrected chi connectivity index (χ0v) is 22.9. The van der Waals surface area contributed by atoms with Crippen LogP contribution >= 0.6 is 9.53 Å². The molecule has 32 heavy (non-hydrogen) atoms. The number of fused-ring (bicyclic) bond motifs is 1. The Morgan fingerprint density at radius 2 is 1.34 bits per heavy atom. The summed E-state index contributed by atoms with van der Waals surface area (Å²) in [7, 11) is 8.68. The van der Waals surface area contributed by atoms with Crippen molar-refractivity contribution in [3.63, 3.8) is 0 Å². The van der Waals surface area contributed by atoms with Crippen molar-refractivity contribution in [2.45, 2.75) is 13.0 Å². The van der Waals surface area contributed by atoms with Crippen LogP contribution in [0.4, 0.5) is 0 Å². The molecule has 0 fully saturated rings. The summed E-state index contributed by atoms with van der Waals surface area (Å²) in [6, 6.07) is 37.7. The Hall–Kier alpha value is -1.65. The van der Waals surface area contributed by atoms with E-state index in [-0.39, 0.29) is 0 Å². The van der Waals surface area contributed by atoms with Crippen molar-refractivity contribution >= 4 is 43.7 Å². The summed E-state index contributed by atoms with van der Waals surface area (Å²) in [5.41, 5.74) is 1.28.